The van der Waals surface area contributed by atoms with E-state index in [-0.39, 0.29) is 0 Å². The molecule has 0 fully saturated rings. The lowest BCUT2D eigenvalue weighted by Crippen LogP contribution is -2.07. The van der Waals surface area contributed by atoms with Gasteiger partial charge in [0.1, 0.15) is 0 Å². The Morgan fingerprint density at radius 1 is 1.60 bits per heavy atom. The summed E-state index contributed by atoms with van der Waals surface area (Å²) in [6.45, 7) is 10.9. The number of ether oxygens (including phenoxy) is 1. The van der Waals surface area contributed by atoms with E-state index in [1.54, 1.807) is 0 Å². The van der Waals surface area contributed by atoms with E-state index in [1.807, 2.05) is 6.92 Å². The van der Waals surface area contributed by atoms with E-state index in [9.17, 15) is 0 Å². The van der Waals surface area contributed by atoms with E-state index in [4.69, 9.17) is 4.74 Å². The van der Waals surface area contributed by atoms with Gasteiger partial charge in [0.05, 0.1) is 12.7 Å². The molecule has 1 heteroatoms. The van der Waals surface area contributed by atoms with Gasteiger partial charge in [-0.25, -0.2) is 0 Å². The molecule has 0 N–H and O–H groups in total. The zero-order valence-corrected chi connectivity index (χ0v) is 7.31. The molecule has 0 aliphatic carbocycles. The van der Waals surface area contributed by atoms with Crippen LogP contribution < -0.4 is 0 Å². The molecule has 0 aromatic rings. The molecule has 0 saturated heterocycles. The van der Waals surface area contributed by atoms with E-state index in [0.717, 1.165) is 19.4 Å². The van der Waals surface area contributed by atoms with Crippen molar-refractivity contribution in [3.8, 4) is 0 Å². The fraction of sp³-hybridized carbons (Fsp3) is 0.778. The maximum absolute atomic E-state index is 5.44. The number of rotatable bonds is 5. The average molecular weight is 142 g/mol. The van der Waals surface area contributed by atoms with Gasteiger partial charge >= 0.3 is 0 Å². The summed E-state index contributed by atoms with van der Waals surface area (Å²) in [5.74, 6) is 0. The second kappa shape index (κ2) is 5.48. The summed E-state index contributed by atoms with van der Waals surface area (Å²) in [6.07, 6.45) is 2.49. The summed E-state index contributed by atoms with van der Waals surface area (Å²) in [5.41, 5.74) is 1.20. The van der Waals surface area contributed by atoms with Gasteiger partial charge in [-0.2, -0.15) is 0 Å². The lowest BCUT2D eigenvalue weighted by molar-refractivity contribution is 0.0660. The van der Waals surface area contributed by atoms with E-state index in [1.165, 1.54) is 5.57 Å². The van der Waals surface area contributed by atoms with Crippen LogP contribution in [0.2, 0.25) is 0 Å². The Bertz CT molecular complexity index is 96.9. The third-order valence-corrected chi connectivity index (χ3v) is 1.51. The first-order chi connectivity index (χ1) is 4.66. The molecule has 60 valence electrons. The second-order valence-corrected chi connectivity index (χ2v) is 2.80. The third kappa shape index (κ3) is 5.83. The van der Waals surface area contributed by atoms with Crippen LogP contribution in [0.1, 0.15) is 33.6 Å². The Balaban J connectivity index is 3.11. The third-order valence-electron chi connectivity index (χ3n) is 1.51. The fourth-order valence-electron chi connectivity index (χ4n) is 0.552. The summed E-state index contributed by atoms with van der Waals surface area (Å²) in [7, 11) is 0. The minimum Gasteiger partial charge on any atom is -0.378 e. The number of hydrogen-bond donors (Lipinski definition) is 0. The highest BCUT2D eigenvalue weighted by Crippen LogP contribution is 2.00. The fourth-order valence-corrected chi connectivity index (χ4v) is 0.552. The van der Waals surface area contributed by atoms with Gasteiger partial charge in [0.15, 0.2) is 0 Å². The maximum Gasteiger partial charge on any atom is 0.0544 e. The predicted molar refractivity (Wildman–Crippen MR) is 45.1 cm³/mol. The molecule has 1 nitrogen and oxygen atoms in total. The van der Waals surface area contributed by atoms with Crippen LogP contribution >= 0.6 is 0 Å². The zero-order chi connectivity index (χ0) is 7.98. The van der Waals surface area contributed by atoms with Crippen molar-refractivity contribution in [2.75, 3.05) is 6.61 Å². The van der Waals surface area contributed by atoms with Crippen molar-refractivity contribution in [2.24, 2.45) is 0 Å². The first kappa shape index (κ1) is 9.70. The lowest BCUT2D eigenvalue weighted by Gasteiger charge is -2.09. The Morgan fingerprint density at radius 3 is 2.60 bits per heavy atom. The molecule has 0 aliphatic heterocycles. The van der Waals surface area contributed by atoms with E-state index < -0.39 is 0 Å². The van der Waals surface area contributed by atoms with E-state index in [0.29, 0.717) is 6.10 Å². The molecule has 0 rings (SSSR count). The quantitative estimate of drug-likeness (QED) is 0.536. The molecule has 0 saturated carbocycles. The molecule has 0 radical (unpaired) electrons. The minimum atomic E-state index is 0.402. The maximum atomic E-state index is 5.44. The van der Waals surface area contributed by atoms with Crippen molar-refractivity contribution in [3.05, 3.63) is 12.2 Å². The summed E-state index contributed by atoms with van der Waals surface area (Å²) in [5, 5.41) is 0. The molecule has 0 bridgehead atoms. The summed E-state index contributed by atoms with van der Waals surface area (Å²) in [6, 6.07) is 0. The normalized spacial score (nSPS) is 13.1. The molecule has 0 heterocycles. The average Bonchev–Trinajstić information content (AvgIpc) is 1.87. The molecule has 0 aliphatic rings. The first-order valence-electron chi connectivity index (χ1n) is 3.92. The van der Waals surface area contributed by atoms with Crippen molar-refractivity contribution in [2.45, 2.75) is 39.7 Å². The molecule has 10 heavy (non-hydrogen) atoms. The molecule has 0 aromatic heterocycles. The van der Waals surface area contributed by atoms with Gasteiger partial charge in [-0.15, -0.1) is 6.58 Å². The zero-order valence-electron chi connectivity index (χ0n) is 7.31. The highest BCUT2D eigenvalue weighted by atomic mass is 16.5. The van der Waals surface area contributed by atoms with Crippen molar-refractivity contribution in [3.63, 3.8) is 0 Å². The smallest absolute Gasteiger partial charge is 0.0544 e. The van der Waals surface area contributed by atoms with Crippen molar-refractivity contribution >= 4 is 0 Å². The lowest BCUT2D eigenvalue weighted by atomic mass is 10.2. The molecule has 0 amide bonds. The van der Waals surface area contributed by atoms with Gasteiger partial charge in [0.2, 0.25) is 0 Å². The topological polar surface area (TPSA) is 9.23 Å². The minimum absolute atomic E-state index is 0.402. The van der Waals surface area contributed by atoms with Crippen molar-refractivity contribution in [1.29, 1.82) is 0 Å². The Labute approximate surface area is 64.1 Å². The predicted octanol–water partition coefficient (Wildman–Crippen LogP) is 2.77. The Morgan fingerprint density at radius 2 is 2.20 bits per heavy atom. The largest absolute Gasteiger partial charge is 0.378 e. The molecule has 1 atom stereocenters. The SMILES string of the molecule is C=C(C)CCOC(C)CC. The van der Waals surface area contributed by atoms with Crippen LogP contribution in [-0.2, 0) is 4.74 Å². The van der Waals surface area contributed by atoms with Crippen LogP contribution in [0.15, 0.2) is 12.2 Å². The van der Waals surface area contributed by atoms with Gasteiger partial charge < -0.3 is 4.74 Å². The monoisotopic (exact) mass is 142 g/mol. The molecule has 0 aromatic carbocycles. The van der Waals surface area contributed by atoms with E-state index in [2.05, 4.69) is 20.4 Å². The van der Waals surface area contributed by atoms with Gasteiger partial charge in [0.25, 0.3) is 0 Å². The standard InChI is InChI=1S/C9H18O/c1-5-9(4)10-7-6-8(2)3/h9H,2,5-7H2,1,3-4H3. The summed E-state index contributed by atoms with van der Waals surface area (Å²) < 4.78 is 5.44. The van der Waals surface area contributed by atoms with Crippen molar-refractivity contribution < 1.29 is 4.74 Å². The first-order valence-corrected chi connectivity index (χ1v) is 3.92. The van der Waals surface area contributed by atoms with Crippen LogP contribution in [0.4, 0.5) is 0 Å². The van der Waals surface area contributed by atoms with Crippen LogP contribution in [-0.4, -0.2) is 12.7 Å². The summed E-state index contributed by atoms with van der Waals surface area (Å²) >= 11 is 0. The Kier molecular flexibility index (Phi) is 5.32. The molecular weight excluding hydrogens is 124 g/mol. The highest BCUT2D eigenvalue weighted by molar-refractivity contribution is 4.87. The van der Waals surface area contributed by atoms with Crippen LogP contribution in [0.3, 0.4) is 0 Å². The second-order valence-electron chi connectivity index (χ2n) is 2.80. The van der Waals surface area contributed by atoms with Crippen LogP contribution in [0.5, 0.6) is 0 Å². The highest BCUT2D eigenvalue weighted by Gasteiger charge is 1.96. The van der Waals surface area contributed by atoms with Crippen LogP contribution in [0, 0.1) is 0 Å². The number of hydrogen-bond acceptors (Lipinski definition) is 1. The van der Waals surface area contributed by atoms with Crippen LogP contribution in [0.25, 0.3) is 0 Å². The van der Waals surface area contributed by atoms with Gasteiger partial charge in [-0.1, -0.05) is 12.5 Å². The van der Waals surface area contributed by atoms with Gasteiger partial charge in [0, 0.05) is 0 Å². The van der Waals surface area contributed by atoms with E-state index >= 15 is 0 Å². The molecular formula is C9H18O. The Hall–Kier alpha value is -0.300. The van der Waals surface area contributed by atoms with Crippen molar-refractivity contribution in [1.82, 2.24) is 0 Å². The summed E-state index contributed by atoms with van der Waals surface area (Å²) in [4.78, 5) is 0. The molecule has 0 spiro atoms. The van der Waals surface area contributed by atoms with Gasteiger partial charge in [-0.05, 0) is 26.7 Å². The van der Waals surface area contributed by atoms with Gasteiger partial charge in [-0.3, -0.25) is 0 Å². The molecule has 1 unspecified atom stereocenters.